The molecular weight excluding hydrogens is 406 g/mol. The van der Waals surface area contributed by atoms with Crippen LogP contribution in [0.3, 0.4) is 0 Å². The van der Waals surface area contributed by atoms with E-state index in [1.54, 1.807) is 12.3 Å². The van der Waals surface area contributed by atoms with E-state index in [1.165, 1.54) is 0 Å². The van der Waals surface area contributed by atoms with Crippen molar-refractivity contribution >= 4 is 17.5 Å². The molecule has 7 heteroatoms. The molecule has 5 rings (SSSR count). The van der Waals surface area contributed by atoms with Crippen LogP contribution in [0.25, 0.3) is 0 Å². The van der Waals surface area contributed by atoms with Crippen LogP contribution in [0.2, 0.25) is 0 Å². The number of nitrogens with one attached hydrogen (secondary N) is 2. The second-order valence-corrected chi connectivity index (χ2v) is 8.71. The Bertz CT molecular complexity index is 1180. The minimum atomic E-state index is -0.494. The average Bonchev–Trinajstić information content (AvgIpc) is 3.22. The normalized spacial score (nSPS) is 21.9. The fourth-order valence-corrected chi connectivity index (χ4v) is 4.69. The number of rotatable bonds is 3. The first-order valence-electron chi connectivity index (χ1n) is 10.8. The Balaban J connectivity index is 1.59. The molecule has 2 aliphatic heterocycles. The molecule has 0 saturated carbocycles. The van der Waals surface area contributed by atoms with Crippen molar-refractivity contribution in [1.29, 1.82) is 0 Å². The maximum Gasteiger partial charge on any atom is 0.255 e. The van der Waals surface area contributed by atoms with Crippen molar-refractivity contribution < 1.29 is 19.1 Å². The van der Waals surface area contributed by atoms with Crippen LogP contribution in [0.15, 0.2) is 59.1 Å². The molecule has 2 N–H and O–H groups in total. The van der Waals surface area contributed by atoms with Crippen LogP contribution in [-0.2, 0) is 9.59 Å². The van der Waals surface area contributed by atoms with E-state index in [0.717, 1.165) is 28.9 Å². The highest BCUT2D eigenvalue weighted by molar-refractivity contribution is 6.09. The average molecular weight is 431 g/mol. The highest BCUT2D eigenvalue weighted by atomic mass is 16.7. The summed E-state index contributed by atoms with van der Waals surface area (Å²) in [6, 6.07) is 9.28. The molecule has 164 valence electrons. The van der Waals surface area contributed by atoms with Gasteiger partial charge in [0.1, 0.15) is 5.82 Å². The first-order valence-corrected chi connectivity index (χ1v) is 10.8. The van der Waals surface area contributed by atoms with Gasteiger partial charge in [0.15, 0.2) is 17.3 Å². The summed E-state index contributed by atoms with van der Waals surface area (Å²) in [6.07, 6.45) is 2.95. The lowest BCUT2D eigenvalue weighted by Crippen LogP contribution is -2.37. The Morgan fingerprint density at radius 2 is 1.94 bits per heavy atom. The number of anilines is 1. The quantitative estimate of drug-likeness (QED) is 0.764. The number of benzene rings is 1. The van der Waals surface area contributed by atoms with E-state index in [0.29, 0.717) is 34.9 Å². The number of ketones is 1. The molecule has 32 heavy (non-hydrogen) atoms. The molecule has 0 unspecified atom stereocenters. The second-order valence-electron chi connectivity index (χ2n) is 8.71. The molecule has 3 aliphatic rings. The summed E-state index contributed by atoms with van der Waals surface area (Å²) in [7, 11) is 0. The summed E-state index contributed by atoms with van der Waals surface area (Å²) in [6.45, 7) is 6.06. The summed E-state index contributed by atoms with van der Waals surface area (Å²) >= 11 is 0. The number of dihydropyridines is 1. The summed E-state index contributed by atoms with van der Waals surface area (Å²) in [5.41, 5.74) is 4.64. The van der Waals surface area contributed by atoms with Crippen molar-refractivity contribution in [2.75, 3.05) is 12.1 Å². The standard InChI is InChI=1S/C25H25N3O4/c1-13-4-7-21(26-11-13)28-25(30)22-15(3)27-17-8-14(2)9-18(29)24(17)23(22)16-5-6-19-20(10-16)32-12-31-19/h4-7,10-11,14,23,27H,8-9,12H2,1-3H3,(H,26,28,30)/t14-,23+/m1/s1. The molecule has 1 aromatic heterocycles. The van der Waals surface area contributed by atoms with Crippen LogP contribution >= 0.6 is 0 Å². The van der Waals surface area contributed by atoms with Gasteiger partial charge in [-0.05, 0) is 55.5 Å². The zero-order valence-electron chi connectivity index (χ0n) is 18.3. The molecule has 1 aliphatic carbocycles. The molecule has 3 heterocycles. The van der Waals surface area contributed by atoms with Gasteiger partial charge in [0.25, 0.3) is 5.91 Å². The topological polar surface area (TPSA) is 89.6 Å². The van der Waals surface area contributed by atoms with Gasteiger partial charge in [0.2, 0.25) is 6.79 Å². The van der Waals surface area contributed by atoms with Crippen molar-refractivity contribution in [1.82, 2.24) is 10.3 Å². The van der Waals surface area contributed by atoms with E-state index in [2.05, 4.69) is 22.5 Å². The van der Waals surface area contributed by atoms with E-state index >= 15 is 0 Å². The van der Waals surface area contributed by atoms with Gasteiger partial charge in [-0.2, -0.15) is 0 Å². The third kappa shape index (κ3) is 3.53. The minimum Gasteiger partial charge on any atom is -0.454 e. The van der Waals surface area contributed by atoms with E-state index in [9.17, 15) is 9.59 Å². The van der Waals surface area contributed by atoms with E-state index in [4.69, 9.17) is 9.47 Å². The van der Waals surface area contributed by atoms with Crippen molar-refractivity contribution in [3.63, 3.8) is 0 Å². The molecule has 2 atom stereocenters. The maximum atomic E-state index is 13.5. The zero-order chi connectivity index (χ0) is 22.4. The van der Waals surface area contributed by atoms with Gasteiger partial charge in [0, 0.05) is 41.1 Å². The van der Waals surface area contributed by atoms with Crippen molar-refractivity contribution in [2.45, 2.75) is 39.5 Å². The van der Waals surface area contributed by atoms with Gasteiger partial charge in [-0.3, -0.25) is 9.59 Å². The third-order valence-corrected chi connectivity index (χ3v) is 6.16. The van der Waals surface area contributed by atoms with Crippen molar-refractivity contribution in [3.8, 4) is 11.5 Å². The van der Waals surface area contributed by atoms with Crippen LogP contribution in [0.1, 0.15) is 43.7 Å². The fourth-order valence-electron chi connectivity index (χ4n) is 4.69. The minimum absolute atomic E-state index is 0.0696. The molecule has 0 spiro atoms. The van der Waals surface area contributed by atoms with E-state index in [1.807, 2.05) is 38.1 Å². The Hall–Kier alpha value is -3.61. The third-order valence-electron chi connectivity index (χ3n) is 6.16. The van der Waals surface area contributed by atoms with Crippen molar-refractivity contribution in [2.24, 2.45) is 5.92 Å². The van der Waals surface area contributed by atoms with Gasteiger partial charge < -0.3 is 20.1 Å². The van der Waals surface area contributed by atoms with Crippen LogP contribution in [-0.4, -0.2) is 23.5 Å². The summed E-state index contributed by atoms with van der Waals surface area (Å²) in [4.78, 5) is 31.0. The lowest BCUT2D eigenvalue weighted by Gasteiger charge is -2.36. The van der Waals surface area contributed by atoms with E-state index < -0.39 is 5.92 Å². The van der Waals surface area contributed by atoms with Gasteiger partial charge in [-0.15, -0.1) is 0 Å². The molecule has 1 aromatic carbocycles. The first-order chi connectivity index (χ1) is 15.4. The second kappa shape index (κ2) is 7.82. The Labute approximate surface area is 186 Å². The first kappa shape index (κ1) is 20.3. The van der Waals surface area contributed by atoms with Crippen LogP contribution in [0, 0.1) is 12.8 Å². The number of carbonyl (C=O) groups excluding carboxylic acids is 2. The lowest BCUT2D eigenvalue weighted by atomic mass is 9.73. The summed E-state index contributed by atoms with van der Waals surface area (Å²) in [5.74, 6) is 1.30. The number of pyridine rings is 1. The van der Waals surface area contributed by atoms with Gasteiger partial charge in [-0.1, -0.05) is 19.1 Å². The number of hydrogen-bond donors (Lipinski definition) is 2. The zero-order valence-corrected chi connectivity index (χ0v) is 18.3. The molecule has 0 bridgehead atoms. The monoisotopic (exact) mass is 431 g/mol. The number of Topliss-reactive ketones (excluding diaryl/α,β-unsaturated/α-hetero) is 1. The Morgan fingerprint density at radius 1 is 1.12 bits per heavy atom. The van der Waals surface area contributed by atoms with Crippen LogP contribution in [0.4, 0.5) is 5.82 Å². The molecule has 0 saturated heterocycles. The number of allylic oxidation sites excluding steroid dienone is 3. The molecule has 2 aromatic rings. The Kier molecular flexibility index (Phi) is 4.96. The molecular formula is C25H25N3O4. The SMILES string of the molecule is CC1=C(C(=O)Nc2ccc(C)cn2)[C@H](c2ccc3c(c2)OCO3)C2=C(C[C@@H](C)CC2=O)N1. The lowest BCUT2D eigenvalue weighted by molar-refractivity contribution is -0.117. The number of aryl methyl sites for hydroxylation is 1. The number of fused-ring (bicyclic) bond motifs is 1. The predicted octanol–water partition coefficient (Wildman–Crippen LogP) is 3.97. The molecule has 0 radical (unpaired) electrons. The van der Waals surface area contributed by atoms with Gasteiger partial charge in [-0.25, -0.2) is 4.98 Å². The number of carbonyl (C=O) groups is 2. The summed E-state index contributed by atoms with van der Waals surface area (Å²) < 4.78 is 11.0. The van der Waals surface area contributed by atoms with Gasteiger partial charge >= 0.3 is 0 Å². The highest BCUT2D eigenvalue weighted by Crippen LogP contribution is 2.45. The number of ether oxygens (including phenoxy) is 2. The molecule has 1 amide bonds. The maximum absolute atomic E-state index is 13.5. The van der Waals surface area contributed by atoms with Crippen LogP contribution in [0.5, 0.6) is 11.5 Å². The predicted molar refractivity (Wildman–Crippen MR) is 119 cm³/mol. The van der Waals surface area contributed by atoms with Crippen LogP contribution < -0.4 is 20.1 Å². The number of amides is 1. The molecule has 0 fully saturated rings. The highest BCUT2D eigenvalue weighted by Gasteiger charge is 2.40. The molecule has 7 nitrogen and oxygen atoms in total. The van der Waals surface area contributed by atoms with Crippen molar-refractivity contribution in [3.05, 3.63) is 70.2 Å². The number of aromatic nitrogens is 1. The fraction of sp³-hybridized carbons (Fsp3) is 0.320. The largest absolute Gasteiger partial charge is 0.454 e. The number of nitrogens with zero attached hydrogens (tertiary/aromatic N) is 1. The summed E-state index contributed by atoms with van der Waals surface area (Å²) in [5, 5.41) is 6.26. The number of hydrogen-bond acceptors (Lipinski definition) is 6. The Morgan fingerprint density at radius 3 is 2.72 bits per heavy atom. The van der Waals surface area contributed by atoms with Gasteiger partial charge in [0.05, 0.1) is 0 Å². The smallest absolute Gasteiger partial charge is 0.255 e. The van der Waals surface area contributed by atoms with E-state index in [-0.39, 0.29) is 24.4 Å².